The molecule has 60 heavy (non-hydrogen) atoms. The van der Waals surface area contributed by atoms with E-state index in [2.05, 4.69) is 44.9 Å². The topological polar surface area (TPSA) is 158 Å². The van der Waals surface area contributed by atoms with Crippen LogP contribution in [-0.4, -0.2) is 85.3 Å². The number of carbonyl (C=O) groups excluding carboxylic acids is 2. The van der Waals surface area contributed by atoms with Crippen LogP contribution in [0.15, 0.2) is 24.3 Å². The van der Waals surface area contributed by atoms with Crippen LogP contribution in [0.4, 0.5) is 0 Å². The Hall–Kier alpha value is -4.36. The highest BCUT2D eigenvalue weighted by Crippen LogP contribution is 2.71. The third kappa shape index (κ3) is 7.62. The molecule has 2 saturated carbocycles. The molecule has 12 nitrogen and oxygen atoms in total. The van der Waals surface area contributed by atoms with Crippen molar-refractivity contribution in [2.24, 2.45) is 22.7 Å². The molecule has 2 aromatic carbocycles. The first-order chi connectivity index (χ1) is 28.4. The second-order valence-corrected chi connectivity index (χ2v) is 19.3. The van der Waals surface area contributed by atoms with Gasteiger partial charge in [-0.15, -0.1) is 0 Å². The molecule has 0 bridgehead atoms. The first-order valence-electron chi connectivity index (χ1n) is 21.7. The highest BCUT2D eigenvalue weighted by Gasteiger charge is 2.65. The van der Waals surface area contributed by atoms with Gasteiger partial charge >= 0.3 is 0 Å². The minimum atomic E-state index is -0.944. The van der Waals surface area contributed by atoms with Crippen LogP contribution in [0.25, 0.3) is 0 Å². The lowest BCUT2D eigenvalue weighted by molar-refractivity contribution is 0.00404. The zero-order valence-electron chi connectivity index (χ0n) is 36.7. The van der Waals surface area contributed by atoms with Gasteiger partial charge in [-0.2, -0.15) is 10.2 Å². The number of hydrogen-bond donors (Lipinski definition) is 3. The summed E-state index contributed by atoms with van der Waals surface area (Å²) >= 11 is 0. The average Bonchev–Trinajstić information content (AvgIpc) is 3.60. The van der Waals surface area contributed by atoms with Crippen molar-refractivity contribution >= 4 is 11.8 Å². The summed E-state index contributed by atoms with van der Waals surface area (Å²) in [6.07, 6.45) is 1.74. The van der Waals surface area contributed by atoms with Gasteiger partial charge in [0.1, 0.15) is 36.9 Å². The summed E-state index contributed by atoms with van der Waals surface area (Å²) in [4.78, 5) is 27.0. The minimum Gasteiger partial charge on any atom is -0.490 e. The summed E-state index contributed by atoms with van der Waals surface area (Å²) in [7, 11) is 0. The molecule has 6 unspecified atom stereocenters. The van der Waals surface area contributed by atoms with Gasteiger partial charge in [-0.05, 0) is 128 Å². The number of nitrogens with zero attached hydrogens (tertiary/aromatic N) is 4. The van der Waals surface area contributed by atoms with Gasteiger partial charge in [0.25, 0.3) is 0 Å². The van der Waals surface area contributed by atoms with Crippen molar-refractivity contribution in [2.45, 2.75) is 131 Å². The van der Waals surface area contributed by atoms with E-state index in [4.69, 9.17) is 24.4 Å². The molecular weight excluding hydrogens is 761 g/mol. The number of aliphatic hydroxyl groups is 3. The van der Waals surface area contributed by atoms with E-state index >= 15 is 0 Å². The molecule has 4 aliphatic rings. The zero-order chi connectivity index (χ0) is 43.0. The number of aliphatic hydroxyl groups excluding tert-OH is 3. The summed E-state index contributed by atoms with van der Waals surface area (Å²) in [5, 5.41) is 39.2. The number of rotatable bonds is 17. The summed E-state index contributed by atoms with van der Waals surface area (Å²) in [5.41, 5.74) is 12.5. The predicted octanol–water partition coefficient (Wildman–Crippen LogP) is 6.45. The second kappa shape index (κ2) is 15.8. The lowest BCUT2D eigenvalue weighted by Gasteiger charge is -2.17. The molecule has 3 N–H and O–H groups in total. The Balaban J connectivity index is 0.836. The minimum absolute atomic E-state index is 0.00681. The molecule has 2 aromatic heterocycles. The molecule has 0 radical (unpaired) electrons. The van der Waals surface area contributed by atoms with Crippen LogP contribution >= 0.6 is 0 Å². The van der Waals surface area contributed by atoms with Crippen LogP contribution < -0.4 is 9.47 Å². The van der Waals surface area contributed by atoms with Gasteiger partial charge in [-0.1, -0.05) is 52.0 Å². The number of carbonyl (C=O) groups is 2. The molecular formula is C48H62N4O8. The van der Waals surface area contributed by atoms with Crippen LogP contribution in [0.5, 0.6) is 11.5 Å². The fourth-order valence-corrected chi connectivity index (χ4v) is 10.9. The van der Waals surface area contributed by atoms with E-state index in [0.29, 0.717) is 54.1 Å². The Kier molecular flexibility index (Phi) is 11.2. The van der Waals surface area contributed by atoms with Crippen LogP contribution in [0.1, 0.15) is 129 Å². The maximum Gasteiger partial charge on any atom is 0.247 e. The quantitative estimate of drug-likeness (QED) is 0.108. The van der Waals surface area contributed by atoms with Crippen molar-refractivity contribution in [3.8, 4) is 11.5 Å². The van der Waals surface area contributed by atoms with Crippen LogP contribution in [-0.2, 0) is 37.0 Å². The summed E-state index contributed by atoms with van der Waals surface area (Å²) in [6, 6.07) is 8.11. The Morgan fingerprint density at radius 3 is 1.65 bits per heavy atom. The van der Waals surface area contributed by atoms with Crippen LogP contribution in [0, 0.1) is 57.3 Å². The number of fused-ring (bicyclic) bond motifs is 6. The molecule has 322 valence electrons. The van der Waals surface area contributed by atoms with E-state index in [1.165, 1.54) is 5.56 Å². The molecule has 0 aliphatic heterocycles. The smallest absolute Gasteiger partial charge is 0.247 e. The normalized spacial score (nSPS) is 22.1. The standard InChI is InChI=1S/C48H62N4O8/c1-25-14-31(15-26(2)45(25)59-22-32(54)20-53)11-13-40(57)52-38-19-35-44(48(35,8)9)42(38)36(50-52)24-58-21-33(55)23-60-46-27(3)16-30(17-28(46)4)10-12-39(56)51-37-18-34-43(47(34,6)7)41(37)29(5)49-51/h14-17,32-35,43-44,53-55H,10-13,18-24H2,1-9H3. The van der Waals surface area contributed by atoms with Gasteiger partial charge in [0, 0.05) is 24.0 Å². The van der Waals surface area contributed by atoms with Crippen molar-refractivity contribution < 1.29 is 39.1 Å². The van der Waals surface area contributed by atoms with Crippen LogP contribution in [0.3, 0.4) is 0 Å². The zero-order valence-corrected chi connectivity index (χ0v) is 36.7. The van der Waals surface area contributed by atoms with Crippen molar-refractivity contribution in [1.82, 2.24) is 19.6 Å². The summed E-state index contributed by atoms with van der Waals surface area (Å²) in [5.74, 6) is 3.33. The molecule has 4 aromatic rings. The van der Waals surface area contributed by atoms with E-state index in [1.54, 1.807) is 9.36 Å². The Morgan fingerprint density at radius 2 is 1.15 bits per heavy atom. The van der Waals surface area contributed by atoms with E-state index in [-0.39, 0.29) is 56.7 Å². The van der Waals surface area contributed by atoms with Crippen molar-refractivity contribution in [2.75, 3.05) is 26.4 Å². The van der Waals surface area contributed by atoms with Gasteiger partial charge in [0.2, 0.25) is 11.8 Å². The fourth-order valence-electron chi connectivity index (χ4n) is 10.9. The van der Waals surface area contributed by atoms with Gasteiger partial charge in [0.15, 0.2) is 0 Å². The van der Waals surface area contributed by atoms with Crippen molar-refractivity contribution in [1.29, 1.82) is 0 Å². The SMILES string of the molecule is Cc1cc(CCC(=O)n2nc(COCC(O)COc3c(C)cc(CCC(=O)n4nc(C)c5c4CC4C5C4(C)C)cc3C)c3c2CC2C3C2(C)C)cc(C)c1OCC(O)CO. The number of aryl methyl sites for hydroxylation is 7. The lowest BCUT2D eigenvalue weighted by Crippen LogP contribution is -2.24. The Morgan fingerprint density at radius 1 is 0.700 bits per heavy atom. The molecule has 12 heteroatoms. The molecule has 0 amide bonds. The Labute approximate surface area is 353 Å². The van der Waals surface area contributed by atoms with E-state index in [0.717, 1.165) is 80.3 Å². The van der Waals surface area contributed by atoms with Gasteiger partial charge in [-0.25, -0.2) is 9.36 Å². The first-order valence-corrected chi connectivity index (χ1v) is 21.7. The summed E-state index contributed by atoms with van der Waals surface area (Å²) < 4.78 is 21.2. The largest absolute Gasteiger partial charge is 0.490 e. The van der Waals surface area contributed by atoms with E-state index in [9.17, 15) is 19.8 Å². The molecule has 6 atom stereocenters. The number of benzene rings is 2. The molecule has 0 saturated heterocycles. The molecule has 4 aliphatic carbocycles. The maximum absolute atomic E-state index is 13.7. The summed E-state index contributed by atoms with van der Waals surface area (Å²) in [6.45, 7) is 19.0. The third-order valence-electron chi connectivity index (χ3n) is 14.2. The molecule has 0 spiro atoms. The van der Waals surface area contributed by atoms with Gasteiger partial charge < -0.3 is 29.5 Å². The number of ether oxygens (including phenoxy) is 3. The molecule has 2 heterocycles. The second-order valence-electron chi connectivity index (χ2n) is 19.3. The average molecular weight is 823 g/mol. The van der Waals surface area contributed by atoms with Gasteiger partial charge in [-0.3, -0.25) is 9.59 Å². The van der Waals surface area contributed by atoms with Crippen LogP contribution in [0.2, 0.25) is 0 Å². The van der Waals surface area contributed by atoms with E-state index in [1.807, 2.05) is 46.8 Å². The highest BCUT2D eigenvalue weighted by molar-refractivity contribution is 5.80. The predicted molar refractivity (Wildman–Crippen MR) is 226 cm³/mol. The first kappa shape index (κ1) is 42.3. The highest BCUT2D eigenvalue weighted by atomic mass is 16.5. The van der Waals surface area contributed by atoms with Gasteiger partial charge in [0.05, 0.1) is 42.6 Å². The fraction of sp³-hybridized carbons (Fsp3) is 0.583. The third-order valence-corrected chi connectivity index (χ3v) is 14.2. The molecule has 8 rings (SSSR count). The van der Waals surface area contributed by atoms with E-state index < -0.39 is 12.2 Å². The maximum atomic E-state index is 13.7. The Bertz CT molecular complexity index is 2290. The lowest BCUT2D eigenvalue weighted by atomic mass is 9.97. The number of aromatic nitrogens is 4. The monoisotopic (exact) mass is 822 g/mol. The van der Waals surface area contributed by atoms with Crippen molar-refractivity contribution in [3.63, 3.8) is 0 Å². The van der Waals surface area contributed by atoms with Crippen molar-refractivity contribution in [3.05, 3.63) is 91.5 Å². The number of hydrogen-bond acceptors (Lipinski definition) is 10. The molecule has 2 fully saturated rings.